The van der Waals surface area contributed by atoms with E-state index in [2.05, 4.69) is 4.90 Å². The van der Waals surface area contributed by atoms with E-state index in [1.165, 1.54) is 69.4 Å². The topological polar surface area (TPSA) is 41.9 Å². The molecule has 1 saturated heterocycles. The SMILES string of the molecule is COC(=O)c1ccc(/N=C2/SCC3(CCCC3)N2C2CCCC2)c(C)c1. The third kappa shape index (κ3) is 3.15. The molecule has 3 aliphatic rings. The van der Waals surface area contributed by atoms with Crippen molar-refractivity contribution in [3.05, 3.63) is 29.3 Å². The molecule has 0 unspecified atom stereocenters. The van der Waals surface area contributed by atoms with E-state index in [-0.39, 0.29) is 5.97 Å². The van der Waals surface area contributed by atoms with Gasteiger partial charge in [0.1, 0.15) is 0 Å². The van der Waals surface area contributed by atoms with Gasteiger partial charge in [0.05, 0.1) is 23.9 Å². The lowest BCUT2D eigenvalue weighted by Gasteiger charge is -2.40. The van der Waals surface area contributed by atoms with Gasteiger partial charge in [-0.15, -0.1) is 0 Å². The summed E-state index contributed by atoms with van der Waals surface area (Å²) in [4.78, 5) is 19.5. The highest BCUT2D eigenvalue weighted by molar-refractivity contribution is 8.14. The van der Waals surface area contributed by atoms with Gasteiger partial charge in [-0.25, -0.2) is 9.79 Å². The second-order valence-corrected chi connectivity index (χ2v) is 8.86. The molecule has 4 nitrogen and oxygen atoms in total. The normalized spacial score (nSPS) is 24.1. The molecule has 0 radical (unpaired) electrons. The third-order valence-corrected chi connectivity index (χ3v) is 7.47. The second kappa shape index (κ2) is 7.26. The van der Waals surface area contributed by atoms with Gasteiger partial charge < -0.3 is 9.64 Å². The van der Waals surface area contributed by atoms with Crippen LogP contribution in [0, 0.1) is 6.92 Å². The fraction of sp³-hybridized carbons (Fsp3) is 0.619. The summed E-state index contributed by atoms with van der Waals surface area (Å²) >= 11 is 1.94. The van der Waals surface area contributed by atoms with Crippen molar-refractivity contribution in [1.29, 1.82) is 0 Å². The monoisotopic (exact) mass is 372 g/mol. The van der Waals surface area contributed by atoms with Crippen LogP contribution in [0.3, 0.4) is 0 Å². The Hall–Kier alpha value is -1.49. The summed E-state index contributed by atoms with van der Waals surface area (Å²) in [6, 6.07) is 6.33. The zero-order chi connectivity index (χ0) is 18.1. The number of benzene rings is 1. The average molecular weight is 373 g/mol. The molecule has 1 heterocycles. The minimum Gasteiger partial charge on any atom is -0.465 e. The Morgan fingerprint density at radius 1 is 1.23 bits per heavy atom. The van der Waals surface area contributed by atoms with E-state index in [9.17, 15) is 4.79 Å². The first-order chi connectivity index (χ1) is 12.6. The first-order valence-corrected chi connectivity index (χ1v) is 10.8. The van der Waals surface area contributed by atoms with E-state index < -0.39 is 0 Å². The summed E-state index contributed by atoms with van der Waals surface area (Å²) in [7, 11) is 1.42. The maximum Gasteiger partial charge on any atom is 0.337 e. The molecule has 26 heavy (non-hydrogen) atoms. The number of amidine groups is 1. The summed E-state index contributed by atoms with van der Waals surface area (Å²) in [6.07, 6.45) is 10.6. The molecule has 140 valence electrons. The highest BCUT2D eigenvalue weighted by Crippen LogP contribution is 2.48. The van der Waals surface area contributed by atoms with Crippen LogP contribution in [-0.4, -0.2) is 40.5 Å². The average Bonchev–Trinajstić information content (AvgIpc) is 3.39. The number of hydrogen-bond donors (Lipinski definition) is 0. The number of methoxy groups -OCH3 is 1. The quantitative estimate of drug-likeness (QED) is 0.695. The van der Waals surface area contributed by atoms with Crippen molar-refractivity contribution < 1.29 is 9.53 Å². The summed E-state index contributed by atoms with van der Waals surface area (Å²) < 4.78 is 4.83. The molecule has 0 N–H and O–H groups in total. The van der Waals surface area contributed by atoms with Gasteiger partial charge in [-0.05, 0) is 56.4 Å². The molecular weight excluding hydrogens is 344 g/mol. The summed E-state index contributed by atoms with van der Waals surface area (Å²) in [5.74, 6) is 0.891. The molecule has 3 fully saturated rings. The maximum atomic E-state index is 11.7. The fourth-order valence-corrected chi connectivity index (χ4v) is 6.35. The zero-order valence-corrected chi connectivity index (χ0v) is 16.6. The van der Waals surface area contributed by atoms with Crippen LogP contribution in [0.2, 0.25) is 0 Å². The minimum atomic E-state index is -0.292. The molecule has 0 amide bonds. The molecule has 5 heteroatoms. The van der Waals surface area contributed by atoms with Gasteiger partial charge in [-0.1, -0.05) is 37.4 Å². The summed E-state index contributed by atoms with van der Waals surface area (Å²) in [6.45, 7) is 2.02. The Morgan fingerprint density at radius 3 is 2.62 bits per heavy atom. The van der Waals surface area contributed by atoms with Crippen LogP contribution in [0.15, 0.2) is 23.2 Å². The van der Waals surface area contributed by atoms with Crippen molar-refractivity contribution in [1.82, 2.24) is 4.90 Å². The van der Waals surface area contributed by atoms with E-state index in [4.69, 9.17) is 9.73 Å². The minimum absolute atomic E-state index is 0.292. The van der Waals surface area contributed by atoms with Gasteiger partial charge >= 0.3 is 5.97 Å². The van der Waals surface area contributed by atoms with Crippen LogP contribution in [0.4, 0.5) is 5.69 Å². The molecule has 4 rings (SSSR count). The lowest BCUT2D eigenvalue weighted by atomic mass is 9.95. The largest absolute Gasteiger partial charge is 0.465 e. The van der Waals surface area contributed by atoms with Crippen molar-refractivity contribution >= 4 is 28.6 Å². The molecule has 1 aliphatic heterocycles. The van der Waals surface area contributed by atoms with E-state index in [1.54, 1.807) is 0 Å². The molecular formula is C21H28N2O2S. The molecule has 0 atom stereocenters. The van der Waals surface area contributed by atoms with Gasteiger partial charge in [0.25, 0.3) is 0 Å². The van der Waals surface area contributed by atoms with Crippen LogP contribution in [0.5, 0.6) is 0 Å². The molecule has 2 aliphatic carbocycles. The van der Waals surface area contributed by atoms with Crippen LogP contribution < -0.4 is 0 Å². The number of hydrogen-bond acceptors (Lipinski definition) is 4. The Kier molecular flexibility index (Phi) is 5.00. The van der Waals surface area contributed by atoms with Crippen molar-refractivity contribution in [2.24, 2.45) is 4.99 Å². The molecule has 0 bridgehead atoms. The Labute approximate surface area is 160 Å². The fourth-order valence-electron chi connectivity index (χ4n) is 4.88. The van der Waals surface area contributed by atoms with E-state index in [1.807, 2.05) is 36.9 Å². The van der Waals surface area contributed by atoms with Crippen LogP contribution in [-0.2, 0) is 4.74 Å². The molecule has 1 spiro atoms. The number of esters is 1. The van der Waals surface area contributed by atoms with Crippen molar-refractivity contribution in [2.75, 3.05) is 12.9 Å². The van der Waals surface area contributed by atoms with E-state index >= 15 is 0 Å². The van der Waals surface area contributed by atoms with E-state index in [0.29, 0.717) is 17.1 Å². The molecule has 0 aromatic heterocycles. The molecule has 2 saturated carbocycles. The number of nitrogens with zero attached hydrogens (tertiary/aromatic N) is 2. The van der Waals surface area contributed by atoms with Crippen molar-refractivity contribution in [2.45, 2.75) is 69.9 Å². The maximum absolute atomic E-state index is 11.7. The predicted molar refractivity (Wildman–Crippen MR) is 107 cm³/mol. The standard InChI is InChI=1S/C21H28N2O2S/c1-15-13-16(19(24)25-2)9-10-18(15)22-20-23(17-7-3-4-8-17)21(14-26-20)11-5-6-12-21/h9-10,13,17H,3-8,11-12,14H2,1-2H3/b22-20+. The van der Waals surface area contributed by atoms with Crippen LogP contribution in [0.25, 0.3) is 0 Å². The second-order valence-electron chi connectivity index (χ2n) is 7.92. The highest BCUT2D eigenvalue weighted by Gasteiger charge is 2.49. The predicted octanol–water partition coefficient (Wildman–Crippen LogP) is 5.07. The van der Waals surface area contributed by atoms with Gasteiger partial charge in [0.2, 0.25) is 0 Å². The van der Waals surface area contributed by atoms with Crippen LogP contribution in [0.1, 0.15) is 67.3 Å². The Morgan fingerprint density at radius 2 is 1.96 bits per heavy atom. The zero-order valence-electron chi connectivity index (χ0n) is 15.8. The first kappa shape index (κ1) is 17.9. The van der Waals surface area contributed by atoms with Crippen molar-refractivity contribution in [3.63, 3.8) is 0 Å². The highest BCUT2D eigenvalue weighted by atomic mass is 32.2. The third-order valence-electron chi connectivity index (χ3n) is 6.25. The van der Waals surface area contributed by atoms with E-state index in [0.717, 1.165) is 11.3 Å². The lowest BCUT2D eigenvalue weighted by molar-refractivity contribution is 0.0600. The smallest absolute Gasteiger partial charge is 0.337 e. The number of rotatable bonds is 3. The molecule has 1 aromatic rings. The van der Waals surface area contributed by atoms with Gasteiger partial charge in [-0.2, -0.15) is 0 Å². The number of aliphatic imine (C=N–C) groups is 1. The Balaban J connectivity index is 1.66. The van der Waals surface area contributed by atoms with Gasteiger partial charge in [0, 0.05) is 11.8 Å². The van der Waals surface area contributed by atoms with Gasteiger partial charge in [-0.3, -0.25) is 0 Å². The first-order valence-electron chi connectivity index (χ1n) is 9.83. The lowest BCUT2D eigenvalue weighted by Crippen LogP contribution is -2.50. The van der Waals surface area contributed by atoms with Crippen molar-refractivity contribution in [3.8, 4) is 0 Å². The van der Waals surface area contributed by atoms with Crippen LogP contribution >= 0.6 is 11.8 Å². The number of carbonyl (C=O) groups is 1. The number of thioether (sulfide) groups is 1. The van der Waals surface area contributed by atoms with Gasteiger partial charge in [0.15, 0.2) is 5.17 Å². The Bertz CT molecular complexity index is 719. The number of aryl methyl sites for hydroxylation is 1. The number of ether oxygens (including phenoxy) is 1. The molecule has 1 aromatic carbocycles. The summed E-state index contributed by atoms with van der Waals surface area (Å²) in [5.41, 5.74) is 2.93. The summed E-state index contributed by atoms with van der Waals surface area (Å²) in [5, 5.41) is 1.20. The number of carbonyl (C=O) groups excluding carboxylic acids is 1.